The van der Waals surface area contributed by atoms with Crippen LogP contribution in [0.5, 0.6) is 0 Å². The maximum Gasteiger partial charge on any atom is 0.0540 e. The van der Waals surface area contributed by atoms with E-state index in [0.29, 0.717) is 0 Å². The second kappa shape index (κ2) is 13.2. The van der Waals surface area contributed by atoms with Crippen molar-refractivity contribution < 1.29 is 0 Å². The molecular formula is C54H36N2. The average molecular weight is 713 g/mol. The van der Waals surface area contributed by atoms with Gasteiger partial charge >= 0.3 is 0 Å². The maximum atomic E-state index is 2.44. The Kier molecular flexibility index (Phi) is 7.53. The number of hydrogen-bond acceptors (Lipinski definition) is 2. The number of para-hydroxylation sites is 3. The number of hydrogen-bond donors (Lipinski definition) is 0. The number of nitrogens with zero attached hydrogens (tertiary/aromatic N) is 2. The van der Waals surface area contributed by atoms with Crippen LogP contribution in [-0.2, 0) is 0 Å². The van der Waals surface area contributed by atoms with E-state index in [1.807, 2.05) is 0 Å². The molecule has 2 heteroatoms. The molecule has 0 aromatic heterocycles. The van der Waals surface area contributed by atoms with Crippen LogP contribution in [0.3, 0.4) is 0 Å². The third-order valence-electron chi connectivity index (χ3n) is 11.3. The first-order valence-corrected chi connectivity index (χ1v) is 19.3. The van der Waals surface area contributed by atoms with E-state index in [1.54, 1.807) is 0 Å². The van der Waals surface area contributed by atoms with E-state index < -0.39 is 0 Å². The first-order valence-electron chi connectivity index (χ1n) is 19.3. The molecule has 262 valence electrons. The summed E-state index contributed by atoms with van der Waals surface area (Å²) in [6.07, 6.45) is 0. The van der Waals surface area contributed by atoms with E-state index in [9.17, 15) is 0 Å². The predicted octanol–water partition coefficient (Wildman–Crippen LogP) is 15.3. The standard InChI is InChI=1S/C54H36N2/c1-4-16-37(17-5-1)38-28-31-53-48(34-38)45-24-12-13-25-46(45)50-36-40(30-33-54(50)56(53)42-20-8-3-9-21-42)39-29-32-52-49(35-39)44-23-11-10-22-43(44)47-26-14-15-27-51(47)55(52)41-18-6-2-7-19-41/h1-36H. The Hall–Kier alpha value is -7.42. The second-order valence-electron chi connectivity index (χ2n) is 14.5. The molecule has 0 amide bonds. The Morgan fingerprint density at radius 1 is 0.196 bits per heavy atom. The van der Waals surface area contributed by atoms with Gasteiger partial charge in [0.15, 0.2) is 0 Å². The summed E-state index contributed by atoms with van der Waals surface area (Å²) >= 11 is 0. The van der Waals surface area contributed by atoms with Gasteiger partial charge in [0, 0.05) is 33.6 Å². The smallest absolute Gasteiger partial charge is 0.0540 e. The zero-order chi connectivity index (χ0) is 37.0. The molecule has 2 aliphatic heterocycles. The summed E-state index contributed by atoms with van der Waals surface area (Å²) in [6, 6.07) is 79.7. The molecule has 0 fully saturated rings. The van der Waals surface area contributed by atoms with Crippen LogP contribution >= 0.6 is 0 Å². The van der Waals surface area contributed by atoms with Gasteiger partial charge in [-0.1, -0.05) is 152 Å². The lowest BCUT2D eigenvalue weighted by Gasteiger charge is -2.28. The lowest BCUT2D eigenvalue weighted by Crippen LogP contribution is -2.11. The molecule has 2 nitrogen and oxygen atoms in total. The summed E-state index contributed by atoms with van der Waals surface area (Å²) in [5, 5.41) is 0. The third-order valence-corrected chi connectivity index (χ3v) is 11.3. The molecule has 0 unspecified atom stereocenters. The van der Waals surface area contributed by atoms with Crippen molar-refractivity contribution in [3.8, 4) is 66.8 Å². The van der Waals surface area contributed by atoms with Crippen LogP contribution in [0.15, 0.2) is 218 Å². The molecule has 9 aromatic rings. The van der Waals surface area contributed by atoms with Crippen molar-refractivity contribution in [2.24, 2.45) is 0 Å². The van der Waals surface area contributed by atoms with Crippen molar-refractivity contribution in [3.63, 3.8) is 0 Å². The Bertz CT molecular complexity index is 2910. The van der Waals surface area contributed by atoms with Gasteiger partial charge in [-0.15, -0.1) is 0 Å². The predicted molar refractivity (Wildman–Crippen MR) is 236 cm³/mol. The van der Waals surface area contributed by atoms with Crippen molar-refractivity contribution in [1.29, 1.82) is 0 Å². The van der Waals surface area contributed by atoms with Gasteiger partial charge in [-0.05, 0) is 111 Å². The second-order valence-corrected chi connectivity index (χ2v) is 14.5. The van der Waals surface area contributed by atoms with E-state index >= 15 is 0 Å². The third kappa shape index (κ3) is 5.19. The van der Waals surface area contributed by atoms with E-state index in [2.05, 4.69) is 228 Å². The molecule has 0 bridgehead atoms. The first kappa shape index (κ1) is 32.0. The first-order chi connectivity index (χ1) is 27.8. The van der Waals surface area contributed by atoms with Gasteiger partial charge in [0.05, 0.1) is 22.7 Å². The van der Waals surface area contributed by atoms with Gasteiger partial charge in [-0.3, -0.25) is 0 Å². The summed E-state index contributed by atoms with van der Waals surface area (Å²) in [5.41, 5.74) is 21.5. The highest BCUT2D eigenvalue weighted by atomic mass is 15.2. The van der Waals surface area contributed by atoms with Gasteiger partial charge in [-0.2, -0.15) is 0 Å². The highest BCUT2D eigenvalue weighted by Gasteiger charge is 2.29. The van der Waals surface area contributed by atoms with Crippen LogP contribution in [0.1, 0.15) is 0 Å². The van der Waals surface area contributed by atoms with Crippen LogP contribution < -0.4 is 9.80 Å². The summed E-state index contributed by atoms with van der Waals surface area (Å²) in [4.78, 5) is 4.85. The van der Waals surface area contributed by atoms with E-state index in [0.717, 1.165) is 28.4 Å². The molecule has 0 aliphatic carbocycles. The molecule has 0 saturated heterocycles. The fourth-order valence-corrected chi connectivity index (χ4v) is 8.78. The minimum absolute atomic E-state index is 1.13. The van der Waals surface area contributed by atoms with E-state index in [1.165, 1.54) is 72.4 Å². The van der Waals surface area contributed by atoms with Crippen molar-refractivity contribution in [1.82, 2.24) is 0 Å². The number of rotatable bonds is 4. The Balaban J connectivity index is 1.13. The zero-order valence-electron chi connectivity index (χ0n) is 30.7. The van der Waals surface area contributed by atoms with Crippen LogP contribution in [0.4, 0.5) is 34.1 Å². The highest BCUT2D eigenvalue weighted by molar-refractivity contribution is 6.06. The molecular weight excluding hydrogens is 677 g/mol. The number of fused-ring (bicyclic) bond motifs is 10. The van der Waals surface area contributed by atoms with Crippen molar-refractivity contribution >= 4 is 34.1 Å². The molecule has 2 aliphatic rings. The zero-order valence-corrected chi connectivity index (χ0v) is 30.7. The quantitative estimate of drug-likeness (QED) is 0.179. The van der Waals surface area contributed by atoms with Gasteiger partial charge in [0.25, 0.3) is 0 Å². The van der Waals surface area contributed by atoms with E-state index in [-0.39, 0.29) is 0 Å². The average Bonchev–Trinajstić information content (AvgIpc) is 3.48. The van der Waals surface area contributed by atoms with Crippen molar-refractivity contribution in [3.05, 3.63) is 218 Å². The van der Waals surface area contributed by atoms with Crippen LogP contribution in [0.2, 0.25) is 0 Å². The molecule has 9 aromatic carbocycles. The monoisotopic (exact) mass is 712 g/mol. The van der Waals surface area contributed by atoms with Gasteiger partial charge in [0.1, 0.15) is 0 Å². The topological polar surface area (TPSA) is 6.48 Å². The highest BCUT2D eigenvalue weighted by Crippen LogP contribution is 2.54. The molecule has 0 atom stereocenters. The summed E-state index contributed by atoms with van der Waals surface area (Å²) in [5.74, 6) is 0. The lowest BCUT2D eigenvalue weighted by molar-refractivity contribution is 1.29. The van der Waals surface area contributed by atoms with Crippen molar-refractivity contribution in [2.45, 2.75) is 0 Å². The minimum atomic E-state index is 1.13. The fraction of sp³-hybridized carbons (Fsp3) is 0. The number of benzene rings is 9. The van der Waals surface area contributed by atoms with Gasteiger partial charge in [0.2, 0.25) is 0 Å². The Morgan fingerprint density at radius 2 is 0.500 bits per heavy atom. The van der Waals surface area contributed by atoms with Crippen LogP contribution in [-0.4, -0.2) is 0 Å². The molecule has 0 spiro atoms. The van der Waals surface area contributed by atoms with Crippen LogP contribution in [0.25, 0.3) is 66.8 Å². The lowest BCUT2D eigenvalue weighted by atomic mass is 9.90. The fourth-order valence-electron chi connectivity index (χ4n) is 8.78. The molecule has 0 saturated carbocycles. The normalized spacial score (nSPS) is 12.2. The summed E-state index contributed by atoms with van der Waals surface area (Å²) in [6.45, 7) is 0. The summed E-state index contributed by atoms with van der Waals surface area (Å²) < 4.78 is 0. The molecule has 0 radical (unpaired) electrons. The molecule has 0 N–H and O–H groups in total. The molecule has 56 heavy (non-hydrogen) atoms. The summed E-state index contributed by atoms with van der Waals surface area (Å²) in [7, 11) is 0. The van der Waals surface area contributed by atoms with Gasteiger partial charge in [-0.25, -0.2) is 0 Å². The molecule has 11 rings (SSSR count). The van der Waals surface area contributed by atoms with Gasteiger partial charge < -0.3 is 9.80 Å². The number of anilines is 6. The minimum Gasteiger partial charge on any atom is -0.309 e. The Labute approximate surface area is 327 Å². The van der Waals surface area contributed by atoms with Crippen LogP contribution in [0, 0.1) is 0 Å². The van der Waals surface area contributed by atoms with E-state index in [4.69, 9.17) is 0 Å². The Morgan fingerprint density at radius 3 is 0.929 bits per heavy atom. The largest absolute Gasteiger partial charge is 0.309 e. The SMILES string of the molecule is c1ccc(-c2ccc3c(c2)-c2ccccc2-c2cc(-c4ccc5c(c4)-c4ccccc4-c4ccccc4N5c4ccccc4)ccc2N3c2ccccc2)cc1. The molecule has 2 heterocycles. The van der Waals surface area contributed by atoms with Crippen molar-refractivity contribution in [2.75, 3.05) is 9.80 Å². The maximum absolute atomic E-state index is 2.44.